The van der Waals surface area contributed by atoms with E-state index in [0.29, 0.717) is 21.5 Å². The molecule has 0 aliphatic rings. The molecule has 23 heavy (non-hydrogen) atoms. The van der Waals surface area contributed by atoms with Crippen LogP contribution in [-0.2, 0) is 11.3 Å². The number of hydrogen-bond acceptors (Lipinski definition) is 3. The topological polar surface area (TPSA) is 51.3 Å². The number of halogens is 2. The summed E-state index contributed by atoms with van der Waals surface area (Å²) in [6.07, 6.45) is 0. The Bertz CT molecular complexity index is 853. The number of benzene rings is 2. The minimum atomic E-state index is -0.411. The summed E-state index contributed by atoms with van der Waals surface area (Å²) in [7, 11) is 1.34. The van der Waals surface area contributed by atoms with Gasteiger partial charge in [-0.25, -0.2) is 4.79 Å². The van der Waals surface area contributed by atoms with E-state index in [0.717, 1.165) is 16.5 Å². The third-order valence-corrected chi connectivity index (χ3v) is 4.15. The maximum Gasteiger partial charge on any atom is 0.354 e. The van der Waals surface area contributed by atoms with Crippen LogP contribution in [0.2, 0.25) is 10.0 Å². The van der Waals surface area contributed by atoms with Crippen LogP contribution < -0.4 is 4.74 Å². The minimum Gasteiger partial charge on any atom is -0.489 e. The summed E-state index contributed by atoms with van der Waals surface area (Å²) in [5.74, 6) is 0.246. The Kier molecular flexibility index (Phi) is 4.46. The first-order valence-corrected chi connectivity index (χ1v) is 7.61. The van der Waals surface area contributed by atoms with E-state index in [4.69, 9.17) is 32.7 Å². The van der Waals surface area contributed by atoms with Crippen LogP contribution in [0.25, 0.3) is 10.9 Å². The van der Waals surface area contributed by atoms with E-state index >= 15 is 0 Å². The molecule has 0 aliphatic carbocycles. The van der Waals surface area contributed by atoms with E-state index in [1.165, 1.54) is 7.11 Å². The molecule has 0 fully saturated rings. The zero-order chi connectivity index (χ0) is 16.4. The average Bonchev–Trinajstić information content (AvgIpc) is 2.97. The maximum atomic E-state index is 11.5. The second-order valence-electron chi connectivity index (χ2n) is 4.91. The second-order valence-corrected chi connectivity index (χ2v) is 5.73. The number of nitrogens with one attached hydrogen (secondary N) is 1. The van der Waals surface area contributed by atoms with Crippen molar-refractivity contribution in [3.8, 4) is 5.75 Å². The molecule has 6 heteroatoms. The van der Waals surface area contributed by atoms with Crippen LogP contribution in [0.5, 0.6) is 5.75 Å². The molecule has 118 valence electrons. The van der Waals surface area contributed by atoms with Gasteiger partial charge in [-0.1, -0.05) is 29.3 Å². The van der Waals surface area contributed by atoms with Gasteiger partial charge in [-0.3, -0.25) is 0 Å². The molecule has 0 saturated carbocycles. The number of ether oxygens (including phenoxy) is 2. The van der Waals surface area contributed by atoms with Gasteiger partial charge >= 0.3 is 5.97 Å². The number of methoxy groups -OCH3 is 1. The Morgan fingerprint density at radius 3 is 2.57 bits per heavy atom. The van der Waals surface area contributed by atoms with E-state index in [9.17, 15) is 4.79 Å². The normalized spacial score (nSPS) is 10.7. The number of carbonyl (C=O) groups excluding carboxylic acids is 1. The fourth-order valence-corrected chi connectivity index (χ4v) is 2.75. The fourth-order valence-electron chi connectivity index (χ4n) is 2.25. The van der Waals surface area contributed by atoms with Crippen molar-refractivity contribution in [2.24, 2.45) is 0 Å². The van der Waals surface area contributed by atoms with E-state index < -0.39 is 5.97 Å². The molecule has 3 aromatic rings. The number of esters is 1. The summed E-state index contributed by atoms with van der Waals surface area (Å²) in [5, 5.41) is 1.98. The predicted molar refractivity (Wildman–Crippen MR) is 90.4 cm³/mol. The molecule has 0 radical (unpaired) electrons. The van der Waals surface area contributed by atoms with E-state index in [1.807, 2.05) is 18.2 Å². The summed E-state index contributed by atoms with van der Waals surface area (Å²) in [6, 6.07) is 12.5. The van der Waals surface area contributed by atoms with Crippen LogP contribution in [-0.4, -0.2) is 18.1 Å². The second kappa shape index (κ2) is 6.52. The van der Waals surface area contributed by atoms with Gasteiger partial charge in [-0.15, -0.1) is 0 Å². The molecule has 1 heterocycles. The Hall–Kier alpha value is -2.17. The highest BCUT2D eigenvalue weighted by Crippen LogP contribution is 2.27. The van der Waals surface area contributed by atoms with Crippen molar-refractivity contribution in [3.63, 3.8) is 0 Å². The van der Waals surface area contributed by atoms with Gasteiger partial charge in [-0.2, -0.15) is 0 Å². The molecule has 3 rings (SSSR count). The monoisotopic (exact) mass is 349 g/mol. The third-order valence-electron chi connectivity index (χ3n) is 3.44. The van der Waals surface area contributed by atoms with Gasteiger partial charge in [0.1, 0.15) is 18.1 Å². The molecule has 0 bridgehead atoms. The number of hydrogen-bond donors (Lipinski definition) is 1. The predicted octanol–water partition coefficient (Wildman–Crippen LogP) is 4.84. The third kappa shape index (κ3) is 3.28. The van der Waals surface area contributed by atoms with Gasteiger partial charge in [0, 0.05) is 26.5 Å². The van der Waals surface area contributed by atoms with Crippen LogP contribution in [0.3, 0.4) is 0 Å². The standard InChI is InChI=1S/C17H13Cl2NO3/c1-22-17(21)16-8-10-7-11(5-6-15(10)20-16)23-9-12-13(18)3-2-4-14(12)19/h2-8,20H,9H2,1H3. The fraction of sp³-hybridized carbons (Fsp3) is 0.118. The zero-order valence-electron chi connectivity index (χ0n) is 12.2. The average molecular weight is 350 g/mol. The quantitative estimate of drug-likeness (QED) is 0.685. The van der Waals surface area contributed by atoms with Gasteiger partial charge in [0.25, 0.3) is 0 Å². The summed E-state index contributed by atoms with van der Waals surface area (Å²) in [4.78, 5) is 14.5. The van der Waals surface area contributed by atoms with Crippen LogP contribution in [0.15, 0.2) is 42.5 Å². The van der Waals surface area contributed by atoms with Gasteiger partial charge in [0.2, 0.25) is 0 Å². The largest absolute Gasteiger partial charge is 0.489 e. The first kappa shape index (κ1) is 15.7. The molecular formula is C17H13Cl2NO3. The highest BCUT2D eigenvalue weighted by molar-refractivity contribution is 6.35. The molecule has 4 nitrogen and oxygen atoms in total. The molecule has 1 aromatic heterocycles. The molecule has 0 atom stereocenters. The summed E-state index contributed by atoms with van der Waals surface area (Å²) in [6.45, 7) is 0.262. The highest BCUT2D eigenvalue weighted by Gasteiger charge is 2.11. The minimum absolute atomic E-state index is 0.262. The molecule has 0 saturated heterocycles. The van der Waals surface area contributed by atoms with Crippen LogP contribution in [0.1, 0.15) is 16.1 Å². The number of aromatic nitrogens is 1. The van der Waals surface area contributed by atoms with Crippen LogP contribution in [0.4, 0.5) is 0 Å². The number of aromatic amines is 1. The van der Waals surface area contributed by atoms with Crippen molar-refractivity contribution in [1.29, 1.82) is 0 Å². The van der Waals surface area contributed by atoms with Gasteiger partial charge in [0.15, 0.2) is 0 Å². The number of fused-ring (bicyclic) bond motifs is 1. The maximum absolute atomic E-state index is 11.5. The van der Waals surface area contributed by atoms with Crippen molar-refractivity contribution in [1.82, 2.24) is 4.98 Å². The van der Waals surface area contributed by atoms with Gasteiger partial charge in [0.05, 0.1) is 7.11 Å². The number of carbonyl (C=O) groups is 1. The molecule has 0 spiro atoms. The first-order valence-electron chi connectivity index (χ1n) is 6.85. The first-order chi connectivity index (χ1) is 11.1. The van der Waals surface area contributed by atoms with Gasteiger partial charge < -0.3 is 14.5 Å². The SMILES string of the molecule is COC(=O)c1cc2cc(OCc3c(Cl)cccc3Cl)ccc2[nH]1. The van der Waals surface area contributed by atoms with Gasteiger partial charge in [-0.05, 0) is 36.4 Å². The molecule has 0 unspecified atom stereocenters. The Labute approximate surface area is 142 Å². The smallest absolute Gasteiger partial charge is 0.354 e. The molecule has 0 amide bonds. The zero-order valence-corrected chi connectivity index (χ0v) is 13.7. The van der Waals surface area contributed by atoms with E-state index in [2.05, 4.69) is 4.98 Å². The lowest BCUT2D eigenvalue weighted by Crippen LogP contribution is -2.00. The van der Waals surface area contributed by atoms with Crippen molar-refractivity contribution in [3.05, 3.63) is 63.8 Å². The molecule has 2 aromatic carbocycles. The van der Waals surface area contributed by atoms with Crippen molar-refractivity contribution >= 4 is 40.1 Å². The lowest BCUT2D eigenvalue weighted by molar-refractivity contribution is 0.0595. The molecule has 1 N–H and O–H groups in total. The number of rotatable bonds is 4. The van der Waals surface area contributed by atoms with Crippen LogP contribution >= 0.6 is 23.2 Å². The number of H-pyrrole nitrogens is 1. The molecular weight excluding hydrogens is 337 g/mol. The lowest BCUT2D eigenvalue weighted by Gasteiger charge is -2.09. The van der Waals surface area contributed by atoms with Crippen LogP contribution in [0, 0.1) is 0 Å². The Morgan fingerprint density at radius 2 is 1.87 bits per heavy atom. The lowest BCUT2D eigenvalue weighted by atomic mass is 10.2. The van der Waals surface area contributed by atoms with E-state index in [-0.39, 0.29) is 6.61 Å². The summed E-state index contributed by atoms with van der Waals surface area (Å²) in [5.41, 5.74) is 1.96. The Balaban J connectivity index is 1.82. The highest BCUT2D eigenvalue weighted by atomic mass is 35.5. The van der Waals surface area contributed by atoms with Crippen molar-refractivity contribution in [2.45, 2.75) is 6.61 Å². The Morgan fingerprint density at radius 1 is 1.13 bits per heavy atom. The molecule has 0 aliphatic heterocycles. The van der Waals surface area contributed by atoms with E-state index in [1.54, 1.807) is 24.3 Å². The summed E-state index contributed by atoms with van der Waals surface area (Å²) < 4.78 is 10.5. The van der Waals surface area contributed by atoms with Crippen molar-refractivity contribution in [2.75, 3.05) is 7.11 Å². The van der Waals surface area contributed by atoms with Crippen molar-refractivity contribution < 1.29 is 14.3 Å². The summed E-state index contributed by atoms with van der Waals surface area (Å²) >= 11 is 12.2.